The third-order valence-electron chi connectivity index (χ3n) is 1.46. The SMILES string of the molecule is CCOc1ccc(Br)c(C(=O)Cl)c1. The van der Waals surface area contributed by atoms with Crippen LogP contribution in [0.5, 0.6) is 5.75 Å². The van der Waals surface area contributed by atoms with E-state index >= 15 is 0 Å². The smallest absolute Gasteiger partial charge is 0.253 e. The molecule has 0 aliphatic heterocycles. The van der Waals surface area contributed by atoms with Gasteiger partial charge in [0.25, 0.3) is 5.24 Å². The summed E-state index contributed by atoms with van der Waals surface area (Å²) in [5.41, 5.74) is 0.424. The van der Waals surface area contributed by atoms with Crippen molar-refractivity contribution in [2.45, 2.75) is 6.92 Å². The summed E-state index contributed by atoms with van der Waals surface area (Å²) < 4.78 is 5.90. The maximum Gasteiger partial charge on any atom is 0.253 e. The Balaban J connectivity index is 3.04. The predicted octanol–water partition coefficient (Wildman–Crippen LogP) is 3.23. The lowest BCUT2D eigenvalue weighted by atomic mass is 10.2. The minimum Gasteiger partial charge on any atom is -0.494 e. The van der Waals surface area contributed by atoms with Gasteiger partial charge in [0.1, 0.15) is 5.75 Å². The Morgan fingerprint density at radius 3 is 2.85 bits per heavy atom. The zero-order valence-corrected chi connectivity index (χ0v) is 9.35. The second kappa shape index (κ2) is 4.63. The van der Waals surface area contributed by atoms with Gasteiger partial charge < -0.3 is 4.74 Å². The number of halogens is 2. The zero-order chi connectivity index (χ0) is 9.84. The number of benzene rings is 1. The fourth-order valence-electron chi connectivity index (χ4n) is 0.911. The van der Waals surface area contributed by atoms with Crippen LogP contribution in [0, 0.1) is 0 Å². The Hall–Kier alpha value is -0.540. The summed E-state index contributed by atoms with van der Waals surface area (Å²) in [5, 5.41) is -0.492. The molecular formula is C9H8BrClO2. The highest BCUT2D eigenvalue weighted by Crippen LogP contribution is 2.23. The molecule has 1 rings (SSSR count). The van der Waals surface area contributed by atoms with Crippen molar-refractivity contribution in [1.82, 2.24) is 0 Å². The summed E-state index contributed by atoms with van der Waals surface area (Å²) in [7, 11) is 0. The standard InChI is InChI=1S/C9H8BrClO2/c1-2-13-6-3-4-8(10)7(5-6)9(11)12/h3-5H,2H2,1H3. The van der Waals surface area contributed by atoms with Gasteiger partial charge in [0.2, 0.25) is 0 Å². The van der Waals surface area contributed by atoms with E-state index in [4.69, 9.17) is 16.3 Å². The second-order valence-electron chi connectivity index (χ2n) is 2.35. The lowest BCUT2D eigenvalue weighted by molar-refractivity contribution is 0.108. The summed E-state index contributed by atoms with van der Waals surface area (Å²) in [5.74, 6) is 0.648. The number of rotatable bonds is 3. The van der Waals surface area contributed by atoms with Crippen molar-refractivity contribution in [2.24, 2.45) is 0 Å². The molecule has 0 radical (unpaired) electrons. The van der Waals surface area contributed by atoms with Crippen molar-refractivity contribution >= 4 is 32.8 Å². The number of carbonyl (C=O) groups excluding carboxylic acids is 1. The predicted molar refractivity (Wildman–Crippen MR) is 55.5 cm³/mol. The highest BCUT2D eigenvalue weighted by atomic mass is 79.9. The molecule has 0 saturated carbocycles. The average Bonchev–Trinajstić information content (AvgIpc) is 2.08. The highest BCUT2D eigenvalue weighted by Gasteiger charge is 2.08. The quantitative estimate of drug-likeness (QED) is 0.783. The number of ether oxygens (including phenoxy) is 1. The van der Waals surface area contributed by atoms with Crippen LogP contribution in [0.4, 0.5) is 0 Å². The van der Waals surface area contributed by atoms with E-state index in [1.807, 2.05) is 6.92 Å². The topological polar surface area (TPSA) is 26.3 Å². The first-order chi connectivity index (χ1) is 6.15. The van der Waals surface area contributed by atoms with Crippen molar-refractivity contribution in [1.29, 1.82) is 0 Å². The van der Waals surface area contributed by atoms with E-state index in [1.54, 1.807) is 18.2 Å². The molecule has 0 heterocycles. The molecule has 4 heteroatoms. The molecule has 0 N–H and O–H groups in total. The first-order valence-electron chi connectivity index (χ1n) is 3.77. The summed E-state index contributed by atoms with van der Waals surface area (Å²) >= 11 is 8.58. The van der Waals surface area contributed by atoms with Gasteiger partial charge in [-0.15, -0.1) is 0 Å². The van der Waals surface area contributed by atoms with Crippen LogP contribution < -0.4 is 4.74 Å². The van der Waals surface area contributed by atoms with Crippen molar-refractivity contribution < 1.29 is 9.53 Å². The molecule has 0 unspecified atom stereocenters. The van der Waals surface area contributed by atoms with E-state index in [0.717, 1.165) is 0 Å². The Bertz CT molecular complexity index is 325. The summed E-state index contributed by atoms with van der Waals surface area (Å²) in [4.78, 5) is 10.9. The lowest BCUT2D eigenvalue weighted by Gasteiger charge is -2.04. The summed E-state index contributed by atoms with van der Waals surface area (Å²) in [6, 6.07) is 5.13. The fraction of sp³-hybridized carbons (Fsp3) is 0.222. The highest BCUT2D eigenvalue weighted by molar-refractivity contribution is 9.10. The second-order valence-corrected chi connectivity index (χ2v) is 3.55. The molecule has 0 aliphatic rings. The Kier molecular flexibility index (Phi) is 3.75. The Labute approximate surface area is 90.0 Å². The van der Waals surface area contributed by atoms with E-state index in [9.17, 15) is 4.79 Å². The van der Waals surface area contributed by atoms with Gasteiger partial charge in [-0.2, -0.15) is 0 Å². The first kappa shape index (κ1) is 10.5. The average molecular weight is 264 g/mol. The van der Waals surface area contributed by atoms with Crippen LogP contribution >= 0.6 is 27.5 Å². The maximum atomic E-state index is 10.9. The van der Waals surface area contributed by atoms with Crippen LogP contribution in [0.25, 0.3) is 0 Å². The van der Waals surface area contributed by atoms with Gasteiger partial charge in [-0.3, -0.25) is 4.79 Å². The zero-order valence-electron chi connectivity index (χ0n) is 7.01. The minimum absolute atomic E-state index is 0.424. The van der Waals surface area contributed by atoms with Crippen molar-refractivity contribution in [3.8, 4) is 5.75 Å². The van der Waals surface area contributed by atoms with Crippen LogP contribution in [0.3, 0.4) is 0 Å². The van der Waals surface area contributed by atoms with E-state index in [-0.39, 0.29) is 0 Å². The molecule has 0 aromatic heterocycles. The van der Waals surface area contributed by atoms with Crippen molar-refractivity contribution in [3.05, 3.63) is 28.2 Å². The first-order valence-corrected chi connectivity index (χ1v) is 4.94. The van der Waals surface area contributed by atoms with Crippen LogP contribution in [0.1, 0.15) is 17.3 Å². The maximum absolute atomic E-state index is 10.9. The third-order valence-corrected chi connectivity index (χ3v) is 2.36. The van der Waals surface area contributed by atoms with E-state index in [2.05, 4.69) is 15.9 Å². The van der Waals surface area contributed by atoms with Gasteiger partial charge in [0.05, 0.1) is 12.2 Å². The number of hydrogen-bond donors (Lipinski definition) is 0. The van der Waals surface area contributed by atoms with Gasteiger partial charge in [-0.25, -0.2) is 0 Å². The van der Waals surface area contributed by atoms with Gasteiger partial charge >= 0.3 is 0 Å². The third kappa shape index (κ3) is 2.71. The molecule has 13 heavy (non-hydrogen) atoms. The molecule has 2 nitrogen and oxygen atoms in total. The van der Waals surface area contributed by atoms with E-state index < -0.39 is 5.24 Å². The van der Waals surface area contributed by atoms with Gasteiger partial charge in [0, 0.05) is 4.47 Å². The number of hydrogen-bond acceptors (Lipinski definition) is 2. The molecule has 1 aromatic carbocycles. The fourth-order valence-corrected chi connectivity index (χ4v) is 1.61. The van der Waals surface area contributed by atoms with Crippen LogP contribution in [-0.4, -0.2) is 11.8 Å². The van der Waals surface area contributed by atoms with E-state index in [0.29, 0.717) is 22.4 Å². The molecule has 0 aliphatic carbocycles. The van der Waals surface area contributed by atoms with Gasteiger partial charge in [-0.1, -0.05) is 0 Å². The summed E-state index contributed by atoms with van der Waals surface area (Å²) in [6.45, 7) is 2.45. The molecule has 0 atom stereocenters. The van der Waals surface area contributed by atoms with Crippen LogP contribution in [-0.2, 0) is 0 Å². The van der Waals surface area contributed by atoms with Crippen LogP contribution in [0.15, 0.2) is 22.7 Å². The van der Waals surface area contributed by atoms with Gasteiger partial charge in [-0.05, 0) is 52.7 Å². The molecule has 0 spiro atoms. The Morgan fingerprint density at radius 1 is 1.62 bits per heavy atom. The molecule has 70 valence electrons. The molecule has 1 aromatic rings. The normalized spacial score (nSPS) is 9.77. The molecule has 0 amide bonds. The van der Waals surface area contributed by atoms with Crippen molar-refractivity contribution in [3.63, 3.8) is 0 Å². The number of carbonyl (C=O) groups is 1. The van der Waals surface area contributed by atoms with Crippen LogP contribution in [0.2, 0.25) is 0 Å². The molecule has 0 fully saturated rings. The Morgan fingerprint density at radius 2 is 2.31 bits per heavy atom. The minimum atomic E-state index is -0.492. The van der Waals surface area contributed by atoms with Crippen molar-refractivity contribution in [2.75, 3.05) is 6.61 Å². The molecule has 0 saturated heterocycles. The summed E-state index contributed by atoms with van der Waals surface area (Å²) in [6.07, 6.45) is 0. The lowest BCUT2D eigenvalue weighted by Crippen LogP contribution is -1.95. The monoisotopic (exact) mass is 262 g/mol. The molecule has 0 bridgehead atoms. The van der Waals surface area contributed by atoms with E-state index in [1.165, 1.54) is 0 Å². The largest absolute Gasteiger partial charge is 0.494 e. The molecular weight excluding hydrogens is 255 g/mol. The van der Waals surface area contributed by atoms with Gasteiger partial charge in [0.15, 0.2) is 0 Å².